The first kappa shape index (κ1) is 16.8. The Labute approximate surface area is 151 Å². The number of anilines is 1. The van der Waals surface area contributed by atoms with E-state index in [9.17, 15) is 0 Å². The molecule has 1 N–H and O–H groups in total. The van der Waals surface area contributed by atoms with E-state index in [0.29, 0.717) is 10.0 Å². The summed E-state index contributed by atoms with van der Waals surface area (Å²) in [6.45, 7) is 2.13. The fourth-order valence-corrected chi connectivity index (χ4v) is 3.16. The number of halogens is 2. The fourth-order valence-electron chi connectivity index (χ4n) is 2.81. The summed E-state index contributed by atoms with van der Waals surface area (Å²) in [6, 6.07) is 15.9. The van der Waals surface area contributed by atoms with E-state index in [-0.39, 0.29) is 12.1 Å². The monoisotopic (exact) mass is 360 g/mol. The van der Waals surface area contributed by atoms with Crippen molar-refractivity contribution in [1.29, 1.82) is 0 Å². The molecule has 0 saturated carbocycles. The summed E-state index contributed by atoms with van der Waals surface area (Å²) in [5, 5.41) is 8.91. The molecule has 0 aliphatic rings. The van der Waals surface area contributed by atoms with E-state index < -0.39 is 0 Å². The summed E-state index contributed by atoms with van der Waals surface area (Å²) in [6.07, 6.45) is 4.18. The van der Waals surface area contributed by atoms with Gasteiger partial charge in [-0.1, -0.05) is 66.5 Å². The van der Waals surface area contributed by atoms with Gasteiger partial charge in [-0.05, 0) is 24.1 Å². The summed E-state index contributed by atoms with van der Waals surface area (Å²) in [7, 11) is 0. The topological polar surface area (TPSA) is 42.7 Å². The highest BCUT2D eigenvalue weighted by atomic mass is 35.5. The second-order valence-electron chi connectivity index (χ2n) is 5.49. The first-order valence-electron chi connectivity index (χ1n) is 7.80. The van der Waals surface area contributed by atoms with Gasteiger partial charge in [0.15, 0.2) is 0 Å². The molecule has 24 heavy (non-hydrogen) atoms. The van der Waals surface area contributed by atoms with Crippen molar-refractivity contribution < 1.29 is 0 Å². The molecule has 0 aliphatic heterocycles. The zero-order valence-electron chi connectivity index (χ0n) is 13.2. The smallest absolute Gasteiger partial charge is 0.137 e. The maximum Gasteiger partial charge on any atom is 0.137 e. The standard InChI is InChI=1S/C18H18Cl2N4/c1-2-16(24-12-21-11-22-24)18(13-7-4-3-5-8-13)23-15-10-6-9-14(19)17(15)20/h3-12,16,18,23H,2H2,1H3. The van der Waals surface area contributed by atoms with Crippen molar-refractivity contribution in [2.75, 3.05) is 5.32 Å². The molecule has 2 aromatic carbocycles. The second-order valence-corrected chi connectivity index (χ2v) is 6.27. The van der Waals surface area contributed by atoms with E-state index in [1.807, 2.05) is 35.0 Å². The van der Waals surface area contributed by atoms with Crippen LogP contribution in [0.4, 0.5) is 5.69 Å². The third-order valence-electron chi connectivity index (χ3n) is 4.00. The molecule has 0 fully saturated rings. The van der Waals surface area contributed by atoms with E-state index in [1.54, 1.807) is 18.7 Å². The molecule has 0 saturated heterocycles. The molecule has 6 heteroatoms. The highest BCUT2D eigenvalue weighted by Gasteiger charge is 2.25. The third-order valence-corrected chi connectivity index (χ3v) is 4.82. The van der Waals surface area contributed by atoms with Crippen molar-refractivity contribution in [3.8, 4) is 0 Å². The van der Waals surface area contributed by atoms with Crippen LogP contribution in [0.1, 0.15) is 31.0 Å². The van der Waals surface area contributed by atoms with Gasteiger partial charge in [-0.2, -0.15) is 5.10 Å². The van der Waals surface area contributed by atoms with Crippen molar-refractivity contribution in [2.24, 2.45) is 0 Å². The molecule has 1 heterocycles. The lowest BCUT2D eigenvalue weighted by atomic mass is 9.97. The highest BCUT2D eigenvalue weighted by Crippen LogP contribution is 2.36. The van der Waals surface area contributed by atoms with E-state index in [1.165, 1.54) is 0 Å². The molecule has 3 rings (SSSR count). The van der Waals surface area contributed by atoms with Crippen molar-refractivity contribution in [2.45, 2.75) is 25.4 Å². The van der Waals surface area contributed by atoms with Gasteiger partial charge in [0.25, 0.3) is 0 Å². The molecule has 0 radical (unpaired) electrons. The van der Waals surface area contributed by atoms with Crippen LogP contribution in [-0.2, 0) is 0 Å². The van der Waals surface area contributed by atoms with Crippen LogP contribution < -0.4 is 5.32 Å². The Hall–Kier alpha value is -2.04. The van der Waals surface area contributed by atoms with Gasteiger partial charge in [-0.25, -0.2) is 9.67 Å². The third kappa shape index (κ3) is 3.55. The van der Waals surface area contributed by atoms with Crippen LogP contribution in [0.5, 0.6) is 0 Å². The molecule has 2 atom stereocenters. The van der Waals surface area contributed by atoms with Crippen LogP contribution in [0.25, 0.3) is 0 Å². The van der Waals surface area contributed by atoms with Crippen LogP contribution in [0.3, 0.4) is 0 Å². The van der Waals surface area contributed by atoms with Gasteiger partial charge in [0.05, 0.1) is 27.8 Å². The van der Waals surface area contributed by atoms with Crippen LogP contribution in [0.2, 0.25) is 10.0 Å². The molecular formula is C18H18Cl2N4. The molecular weight excluding hydrogens is 343 g/mol. The normalized spacial score (nSPS) is 13.5. The van der Waals surface area contributed by atoms with Crippen LogP contribution in [0, 0.1) is 0 Å². The van der Waals surface area contributed by atoms with Crippen LogP contribution in [-0.4, -0.2) is 14.8 Å². The van der Waals surface area contributed by atoms with Crippen LogP contribution >= 0.6 is 23.2 Å². The molecule has 3 aromatic rings. The summed E-state index contributed by atoms with van der Waals surface area (Å²) in [4.78, 5) is 4.08. The highest BCUT2D eigenvalue weighted by molar-refractivity contribution is 6.43. The van der Waals surface area contributed by atoms with Crippen molar-refractivity contribution in [3.63, 3.8) is 0 Å². The summed E-state index contributed by atoms with van der Waals surface area (Å²) >= 11 is 12.5. The Kier molecular flexibility index (Phi) is 5.38. The minimum absolute atomic E-state index is 0.0196. The van der Waals surface area contributed by atoms with Gasteiger partial charge in [0.2, 0.25) is 0 Å². The minimum Gasteiger partial charge on any atom is -0.375 e. The average Bonchev–Trinajstić information content (AvgIpc) is 3.13. The average molecular weight is 361 g/mol. The maximum absolute atomic E-state index is 6.37. The quantitative estimate of drug-likeness (QED) is 0.640. The van der Waals surface area contributed by atoms with E-state index >= 15 is 0 Å². The number of aromatic nitrogens is 3. The molecule has 0 spiro atoms. The number of rotatable bonds is 6. The number of benzene rings is 2. The second kappa shape index (κ2) is 7.69. The lowest BCUT2D eigenvalue weighted by Gasteiger charge is -2.29. The van der Waals surface area contributed by atoms with Gasteiger partial charge in [-0.3, -0.25) is 0 Å². The maximum atomic E-state index is 6.37. The van der Waals surface area contributed by atoms with Gasteiger partial charge in [0.1, 0.15) is 12.7 Å². The van der Waals surface area contributed by atoms with Gasteiger partial charge in [0, 0.05) is 0 Å². The van der Waals surface area contributed by atoms with Crippen molar-refractivity contribution in [3.05, 3.63) is 76.8 Å². The zero-order valence-corrected chi connectivity index (χ0v) is 14.7. The molecule has 0 aliphatic carbocycles. The fraction of sp³-hybridized carbons (Fsp3) is 0.222. The number of hydrogen-bond acceptors (Lipinski definition) is 3. The molecule has 4 nitrogen and oxygen atoms in total. The van der Waals surface area contributed by atoms with E-state index in [4.69, 9.17) is 23.2 Å². The number of hydrogen-bond donors (Lipinski definition) is 1. The molecule has 2 unspecified atom stereocenters. The first-order valence-corrected chi connectivity index (χ1v) is 8.56. The predicted molar refractivity (Wildman–Crippen MR) is 98.6 cm³/mol. The lowest BCUT2D eigenvalue weighted by Crippen LogP contribution is -2.24. The summed E-state index contributed by atoms with van der Waals surface area (Å²) < 4.78 is 1.88. The number of nitrogens with zero attached hydrogens (tertiary/aromatic N) is 3. The minimum atomic E-state index is -0.0196. The lowest BCUT2D eigenvalue weighted by molar-refractivity contribution is 0.388. The predicted octanol–water partition coefficient (Wildman–Crippen LogP) is 5.39. The van der Waals surface area contributed by atoms with Crippen LogP contribution in [0.15, 0.2) is 61.2 Å². The molecule has 1 aromatic heterocycles. The molecule has 0 bridgehead atoms. The number of nitrogens with one attached hydrogen (secondary N) is 1. The largest absolute Gasteiger partial charge is 0.375 e. The van der Waals surface area contributed by atoms with E-state index in [0.717, 1.165) is 17.7 Å². The Bertz CT molecular complexity index is 775. The van der Waals surface area contributed by atoms with E-state index in [2.05, 4.69) is 34.5 Å². The summed E-state index contributed by atoms with van der Waals surface area (Å²) in [5.74, 6) is 0. The summed E-state index contributed by atoms with van der Waals surface area (Å²) in [5.41, 5.74) is 1.95. The Balaban J connectivity index is 2.00. The van der Waals surface area contributed by atoms with Gasteiger partial charge in [-0.15, -0.1) is 0 Å². The van der Waals surface area contributed by atoms with Crippen molar-refractivity contribution >= 4 is 28.9 Å². The molecule has 124 valence electrons. The zero-order chi connectivity index (χ0) is 16.9. The van der Waals surface area contributed by atoms with Gasteiger partial charge >= 0.3 is 0 Å². The Morgan fingerprint density at radius 3 is 2.54 bits per heavy atom. The van der Waals surface area contributed by atoms with Crippen molar-refractivity contribution in [1.82, 2.24) is 14.8 Å². The first-order chi connectivity index (χ1) is 11.7. The molecule has 0 amide bonds. The Morgan fingerprint density at radius 2 is 1.88 bits per heavy atom. The van der Waals surface area contributed by atoms with Gasteiger partial charge < -0.3 is 5.32 Å². The SMILES string of the molecule is CCC(C(Nc1cccc(Cl)c1Cl)c1ccccc1)n1cncn1. The Morgan fingerprint density at radius 1 is 1.08 bits per heavy atom.